The van der Waals surface area contributed by atoms with E-state index in [1.54, 1.807) is 6.07 Å². The molecule has 1 aromatic carbocycles. The number of hydrogen-bond donors (Lipinski definition) is 2. The lowest BCUT2D eigenvalue weighted by Crippen LogP contribution is -2.53. The summed E-state index contributed by atoms with van der Waals surface area (Å²) in [6.07, 6.45) is 2.50. The van der Waals surface area contributed by atoms with Crippen molar-refractivity contribution in [2.75, 3.05) is 6.79 Å². The molecule has 1 heterocycles. The Bertz CT molecular complexity index is 872. The molecule has 1 aromatic rings. The van der Waals surface area contributed by atoms with E-state index < -0.39 is 50.2 Å². The molecule has 2 N–H and O–H groups in total. The van der Waals surface area contributed by atoms with Crippen LogP contribution in [-0.4, -0.2) is 54.9 Å². The number of carbonyl (C=O) groups is 3. The van der Waals surface area contributed by atoms with Crippen molar-refractivity contribution in [2.45, 2.75) is 69.8 Å². The number of nitrogens with one attached hydrogen (secondary N) is 1. The normalized spacial score (nSPS) is 18.5. The summed E-state index contributed by atoms with van der Waals surface area (Å²) in [5.74, 6) is -5.93. The number of alkyl halides is 2. The molecule has 0 saturated heterocycles. The Balaban J connectivity index is 1.54. The molecule has 0 aromatic heterocycles. The number of halogens is 2. The number of rotatable bonds is 7. The molecule has 180 valence electrons. The van der Waals surface area contributed by atoms with Gasteiger partial charge in [0.1, 0.15) is 17.4 Å². The van der Waals surface area contributed by atoms with E-state index in [4.69, 9.17) is 18.9 Å². The van der Waals surface area contributed by atoms with E-state index in [1.165, 1.54) is 12.1 Å². The van der Waals surface area contributed by atoms with Crippen LogP contribution < -0.4 is 9.97 Å². The molecule has 0 spiro atoms. The molecule has 33 heavy (non-hydrogen) atoms. The quantitative estimate of drug-likeness (QED) is 0.356. The molecular formula is C21H26BF2NO8. The summed E-state index contributed by atoms with van der Waals surface area (Å²) < 4.78 is 46.4. The van der Waals surface area contributed by atoms with E-state index in [2.05, 4.69) is 5.32 Å². The van der Waals surface area contributed by atoms with Crippen molar-refractivity contribution in [3.8, 4) is 5.75 Å². The van der Waals surface area contributed by atoms with Gasteiger partial charge >= 0.3 is 19.2 Å². The first-order valence-electron chi connectivity index (χ1n) is 10.8. The molecule has 0 bridgehead atoms. The summed E-state index contributed by atoms with van der Waals surface area (Å²) in [4.78, 5) is 36.0. The van der Waals surface area contributed by atoms with Gasteiger partial charge < -0.3 is 29.2 Å². The number of para-hydroxylation sites is 1. The van der Waals surface area contributed by atoms with Crippen molar-refractivity contribution >= 4 is 25.2 Å². The molecule has 1 amide bonds. The minimum Gasteiger partial charge on any atom is -0.534 e. The first kappa shape index (κ1) is 24.8. The molecule has 1 fully saturated rings. The van der Waals surface area contributed by atoms with Gasteiger partial charge in [0.15, 0.2) is 0 Å². The number of benzene rings is 1. The van der Waals surface area contributed by atoms with Gasteiger partial charge in [-0.2, -0.15) is 0 Å². The van der Waals surface area contributed by atoms with E-state index in [0.717, 1.165) is 32.1 Å². The second-order valence-corrected chi connectivity index (χ2v) is 8.25. The number of amides is 1. The van der Waals surface area contributed by atoms with Gasteiger partial charge in [0.2, 0.25) is 12.7 Å². The highest BCUT2D eigenvalue weighted by Gasteiger charge is 2.39. The topological polar surface area (TPSA) is 120 Å². The fourth-order valence-electron chi connectivity index (χ4n) is 3.81. The molecule has 1 aliphatic carbocycles. The molecule has 1 unspecified atom stereocenters. The molecule has 1 atom stereocenters. The van der Waals surface area contributed by atoms with Crippen molar-refractivity contribution in [1.82, 2.24) is 5.32 Å². The third-order valence-corrected chi connectivity index (χ3v) is 5.34. The highest BCUT2D eigenvalue weighted by molar-refractivity contribution is 6.47. The van der Waals surface area contributed by atoms with Crippen LogP contribution >= 0.6 is 0 Å². The van der Waals surface area contributed by atoms with Crippen LogP contribution in [0.2, 0.25) is 0 Å². The van der Waals surface area contributed by atoms with Crippen molar-refractivity contribution in [1.29, 1.82) is 0 Å². The van der Waals surface area contributed by atoms with E-state index in [0.29, 0.717) is 12.5 Å². The minimum absolute atomic E-state index is 0.0272. The van der Waals surface area contributed by atoms with Crippen LogP contribution in [0.15, 0.2) is 18.2 Å². The lowest BCUT2D eigenvalue weighted by atomic mass is 9.72. The SMILES string of the molecule is CC(F)(F)CC(=O)NC1Cc2cccc(C(=O)OCOC(=O)OC3CCCCC3)c2OB1O. The van der Waals surface area contributed by atoms with Gasteiger partial charge in [0.25, 0.3) is 5.92 Å². The number of fused-ring (bicyclic) bond motifs is 1. The summed E-state index contributed by atoms with van der Waals surface area (Å²) in [5.41, 5.74) is 0.432. The van der Waals surface area contributed by atoms with Gasteiger partial charge in [-0.1, -0.05) is 18.6 Å². The molecule has 12 heteroatoms. The van der Waals surface area contributed by atoms with Crippen LogP contribution in [-0.2, 0) is 25.4 Å². The van der Waals surface area contributed by atoms with Gasteiger partial charge in [-0.15, -0.1) is 0 Å². The average Bonchev–Trinajstić information content (AvgIpc) is 2.73. The zero-order valence-electron chi connectivity index (χ0n) is 18.2. The largest absolute Gasteiger partial charge is 0.547 e. The monoisotopic (exact) mass is 469 g/mol. The average molecular weight is 469 g/mol. The number of carbonyl (C=O) groups excluding carboxylic acids is 3. The van der Waals surface area contributed by atoms with E-state index in [-0.39, 0.29) is 23.8 Å². The zero-order valence-corrected chi connectivity index (χ0v) is 18.2. The number of esters is 1. The summed E-state index contributed by atoms with van der Waals surface area (Å²) in [6.45, 7) is -0.0481. The van der Waals surface area contributed by atoms with Gasteiger partial charge in [-0.25, -0.2) is 18.4 Å². The lowest BCUT2D eigenvalue weighted by molar-refractivity contribution is -0.127. The van der Waals surface area contributed by atoms with Crippen molar-refractivity contribution < 1.29 is 47.1 Å². The van der Waals surface area contributed by atoms with Crippen LogP contribution in [0.1, 0.15) is 61.4 Å². The molecule has 0 radical (unpaired) electrons. The predicted octanol–water partition coefficient (Wildman–Crippen LogP) is 2.77. The van der Waals surface area contributed by atoms with Crippen molar-refractivity contribution in [3.63, 3.8) is 0 Å². The Hall–Kier alpha value is -2.89. The molecule has 1 saturated carbocycles. The molecular weight excluding hydrogens is 443 g/mol. The van der Waals surface area contributed by atoms with Crippen LogP contribution in [0.5, 0.6) is 5.75 Å². The number of ether oxygens (including phenoxy) is 3. The maximum Gasteiger partial charge on any atom is 0.547 e. The highest BCUT2D eigenvalue weighted by atomic mass is 19.3. The van der Waals surface area contributed by atoms with Gasteiger partial charge in [-0.3, -0.25) is 4.79 Å². The second-order valence-electron chi connectivity index (χ2n) is 8.25. The van der Waals surface area contributed by atoms with Crippen LogP contribution in [0.4, 0.5) is 13.6 Å². The maximum atomic E-state index is 13.0. The second kappa shape index (κ2) is 10.8. The fraction of sp³-hybridized carbons (Fsp3) is 0.571. The van der Waals surface area contributed by atoms with Crippen LogP contribution in [0, 0.1) is 0 Å². The van der Waals surface area contributed by atoms with E-state index in [1.807, 2.05) is 0 Å². The smallest absolute Gasteiger partial charge is 0.534 e. The Kier molecular flexibility index (Phi) is 8.12. The first-order valence-corrected chi connectivity index (χ1v) is 10.8. The Morgan fingerprint density at radius 3 is 2.64 bits per heavy atom. The Morgan fingerprint density at radius 2 is 1.94 bits per heavy atom. The number of hydrogen-bond acceptors (Lipinski definition) is 8. The van der Waals surface area contributed by atoms with Gasteiger partial charge in [0, 0.05) is 0 Å². The fourth-order valence-corrected chi connectivity index (χ4v) is 3.81. The van der Waals surface area contributed by atoms with E-state index in [9.17, 15) is 28.2 Å². The van der Waals surface area contributed by atoms with Crippen LogP contribution in [0.3, 0.4) is 0 Å². The standard InChI is InChI=1S/C21H26BF2NO8/c1-21(23,24)11-17(26)25-16-10-13-6-5-9-15(18(13)33-22(16)29)19(27)30-12-31-20(28)32-14-7-3-2-4-8-14/h5-6,9,14,16,29H,2-4,7-8,10-12H2,1H3,(H,25,26). The van der Waals surface area contributed by atoms with Crippen molar-refractivity contribution in [3.05, 3.63) is 29.3 Å². The molecule has 2 aliphatic rings. The van der Waals surface area contributed by atoms with Crippen LogP contribution in [0.25, 0.3) is 0 Å². The molecule has 1 aliphatic heterocycles. The minimum atomic E-state index is -3.19. The maximum absolute atomic E-state index is 13.0. The van der Waals surface area contributed by atoms with E-state index >= 15 is 0 Å². The van der Waals surface area contributed by atoms with Gasteiger partial charge in [0.05, 0.1) is 12.4 Å². The summed E-state index contributed by atoms with van der Waals surface area (Å²) in [7, 11) is -1.57. The van der Waals surface area contributed by atoms with Gasteiger partial charge in [-0.05, 0) is 50.7 Å². The Morgan fingerprint density at radius 1 is 1.21 bits per heavy atom. The van der Waals surface area contributed by atoms with Crippen molar-refractivity contribution in [2.24, 2.45) is 0 Å². The molecule has 3 rings (SSSR count). The summed E-state index contributed by atoms with van der Waals surface area (Å²) in [6, 6.07) is 4.53. The predicted molar refractivity (Wildman–Crippen MR) is 111 cm³/mol. The molecule has 9 nitrogen and oxygen atoms in total. The summed E-state index contributed by atoms with van der Waals surface area (Å²) >= 11 is 0. The Labute approximate surface area is 189 Å². The lowest BCUT2D eigenvalue weighted by Gasteiger charge is -2.29. The summed E-state index contributed by atoms with van der Waals surface area (Å²) in [5, 5.41) is 12.5. The highest BCUT2D eigenvalue weighted by Crippen LogP contribution is 2.31. The third kappa shape index (κ3) is 7.31. The zero-order chi connectivity index (χ0) is 24.0. The third-order valence-electron chi connectivity index (χ3n) is 5.34. The first-order chi connectivity index (χ1) is 15.6.